The lowest BCUT2D eigenvalue weighted by Crippen LogP contribution is -2.27. The van der Waals surface area contributed by atoms with Crippen molar-refractivity contribution in [1.82, 2.24) is 0 Å². The van der Waals surface area contributed by atoms with Gasteiger partial charge in [0, 0.05) is 17.6 Å². The molecule has 30 heavy (non-hydrogen) atoms. The molecule has 164 valence electrons. The topological polar surface area (TPSA) is 66.5 Å². The molecule has 2 aromatic rings. The second kappa shape index (κ2) is 11.4. The second-order valence-electron chi connectivity index (χ2n) is 7.82. The molecule has 0 spiro atoms. The van der Waals surface area contributed by atoms with Crippen LogP contribution < -0.4 is 9.62 Å². The lowest BCUT2D eigenvalue weighted by atomic mass is 10.1. The zero-order valence-electron chi connectivity index (χ0n) is 18.2. The molecule has 1 amide bonds. The standard InChI is InChI=1S/C23H32N2O3S2/c1-18(2)10-6-5-9-17-29-20-15-13-19(14-16-20)24-23(26)21-11-7-8-12-22(21)25(3)30(4,27)28/h7-8,11-16,18H,5-6,9-10,17H2,1-4H3,(H,24,26). The largest absolute Gasteiger partial charge is 0.322 e. The number of para-hydroxylation sites is 1. The fraction of sp³-hybridized carbons (Fsp3) is 0.435. The molecule has 0 aliphatic heterocycles. The van der Waals surface area contributed by atoms with Gasteiger partial charge in [-0.3, -0.25) is 9.10 Å². The maximum absolute atomic E-state index is 12.7. The molecule has 0 unspecified atom stereocenters. The normalized spacial score (nSPS) is 11.5. The number of carbonyl (C=O) groups excluding carboxylic acids is 1. The quantitative estimate of drug-likeness (QED) is 0.357. The first-order valence-electron chi connectivity index (χ1n) is 10.3. The minimum Gasteiger partial charge on any atom is -0.322 e. The predicted molar refractivity (Wildman–Crippen MR) is 128 cm³/mol. The summed E-state index contributed by atoms with van der Waals surface area (Å²) < 4.78 is 24.9. The number of nitrogens with one attached hydrogen (secondary N) is 1. The Morgan fingerprint density at radius 2 is 1.70 bits per heavy atom. The van der Waals surface area contributed by atoms with Gasteiger partial charge in [-0.1, -0.05) is 45.2 Å². The Kier molecular flexibility index (Phi) is 9.24. The summed E-state index contributed by atoms with van der Waals surface area (Å²) in [6.45, 7) is 4.52. The molecule has 0 radical (unpaired) electrons. The first-order valence-corrected chi connectivity index (χ1v) is 13.1. The van der Waals surface area contributed by atoms with Gasteiger partial charge in [-0.15, -0.1) is 11.8 Å². The van der Waals surface area contributed by atoms with Gasteiger partial charge in [-0.25, -0.2) is 8.42 Å². The number of benzene rings is 2. The van der Waals surface area contributed by atoms with Gasteiger partial charge in [0.2, 0.25) is 10.0 Å². The van der Waals surface area contributed by atoms with Crippen LogP contribution in [0.5, 0.6) is 0 Å². The van der Waals surface area contributed by atoms with Crippen LogP contribution in [0.3, 0.4) is 0 Å². The summed E-state index contributed by atoms with van der Waals surface area (Å²) in [5, 5.41) is 2.86. The number of thioether (sulfide) groups is 1. The maximum atomic E-state index is 12.7. The molecule has 1 N–H and O–H groups in total. The van der Waals surface area contributed by atoms with E-state index < -0.39 is 10.0 Å². The van der Waals surface area contributed by atoms with Crippen molar-refractivity contribution in [2.75, 3.05) is 28.7 Å². The molecule has 2 rings (SSSR count). The number of hydrogen-bond acceptors (Lipinski definition) is 4. The van der Waals surface area contributed by atoms with Gasteiger partial charge in [0.25, 0.3) is 5.91 Å². The van der Waals surface area contributed by atoms with Crippen molar-refractivity contribution in [1.29, 1.82) is 0 Å². The number of anilines is 2. The molecule has 0 aliphatic carbocycles. The van der Waals surface area contributed by atoms with Crippen LogP contribution in [0.4, 0.5) is 11.4 Å². The first-order chi connectivity index (χ1) is 14.2. The van der Waals surface area contributed by atoms with Crippen molar-refractivity contribution in [2.45, 2.75) is 44.4 Å². The second-order valence-corrected chi connectivity index (χ2v) is 11.0. The van der Waals surface area contributed by atoms with Gasteiger partial charge in [0.15, 0.2) is 0 Å². The van der Waals surface area contributed by atoms with Crippen molar-refractivity contribution in [3.63, 3.8) is 0 Å². The van der Waals surface area contributed by atoms with Crippen LogP contribution in [0.1, 0.15) is 49.9 Å². The van der Waals surface area contributed by atoms with E-state index in [4.69, 9.17) is 0 Å². The number of amides is 1. The Morgan fingerprint density at radius 3 is 2.33 bits per heavy atom. The van der Waals surface area contributed by atoms with E-state index in [0.717, 1.165) is 22.2 Å². The Morgan fingerprint density at radius 1 is 1.03 bits per heavy atom. The Balaban J connectivity index is 1.93. The summed E-state index contributed by atoms with van der Waals surface area (Å²) >= 11 is 1.83. The van der Waals surface area contributed by atoms with Gasteiger partial charge in [0.1, 0.15) is 0 Å². The minimum atomic E-state index is -3.46. The molecule has 5 nitrogen and oxygen atoms in total. The van der Waals surface area contributed by atoms with E-state index in [9.17, 15) is 13.2 Å². The average Bonchev–Trinajstić information content (AvgIpc) is 2.70. The summed E-state index contributed by atoms with van der Waals surface area (Å²) in [6.07, 6.45) is 6.17. The average molecular weight is 449 g/mol. The summed E-state index contributed by atoms with van der Waals surface area (Å²) in [4.78, 5) is 13.9. The van der Waals surface area contributed by atoms with Crippen molar-refractivity contribution < 1.29 is 13.2 Å². The number of nitrogens with zero attached hydrogens (tertiary/aromatic N) is 1. The lowest BCUT2D eigenvalue weighted by molar-refractivity contribution is 0.102. The van der Waals surface area contributed by atoms with Gasteiger partial charge in [-0.05, 0) is 54.5 Å². The fourth-order valence-electron chi connectivity index (χ4n) is 2.97. The highest BCUT2D eigenvalue weighted by molar-refractivity contribution is 7.99. The highest BCUT2D eigenvalue weighted by Crippen LogP contribution is 2.25. The van der Waals surface area contributed by atoms with Crippen molar-refractivity contribution in [3.05, 3.63) is 54.1 Å². The van der Waals surface area contributed by atoms with Crippen LogP contribution in [0.2, 0.25) is 0 Å². The van der Waals surface area contributed by atoms with E-state index in [1.165, 1.54) is 37.6 Å². The van der Waals surface area contributed by atoms with E-state index in [0.29, 0.717) is 16.9 Å². The molecule has 7 heteroatoms. The zero-order chi connectivity index (χ0) is 22.1. The van der Waals surface area contributed by atoms with Crippen LogP contribution in [0.15, 0.2) is 53.4 Å². The van der Waals surface area contributed by atoms with Crippen LogP contribution >= 0.6 is 11.8 Å². The van der Waals surface area contributed by atoms with Crippen LogP contribution in [-0.2, 0) is 10.0 Å². The molecule has 0 saturated heterocycles. The maximum Gasteiger partial charge on any atom is 0.257 e. The van der Waals surface area contributed by atoms with Gasteiger partial charge in [-0.2, -0.15) is 0 Å². The van der Waals surface area contributed by atoms with Crippen molar-refractivity contribution in [2.24, 2.45) is 5.92 Å². The van der Waals surface area contributed by atoms with Crippen LogP contribution in [0.25, 0.3) is 0 Å². The minimum absolute atomic E-state index is 0.310. The zero-order valence-corrected chi connectivity index (χ0v) is 19.9. The third-order valence-electron chi connectivity index (χ3n) is 4.79. The summed E-state index contributed by atoms with van der Waals surface area (Å²) in [5.74, 6) is 1.53. The van der Waals surface area contributed by atoms with Crippen molar-refractivity contribution >= 4 is 39.1 Å². The first kappa shape index (κ1) is 24.3. The smallest absolute Gasteiger partial charge is 0.257 e. The number of carbonyl (C=O) groups is 1. The number of hydrogen-bond donors (Lipinski definition) is 1. The summed E-state index contributed by atoms with van der Waals surface area (Å²) in [7, 11) is -2.02. The van der Waals surface area contributed by atoms with Gasteiger partial charge >= 0.3 is 0 Å². The molecular weight excluding hydrogens is 416 g/mol. The number of sulfonamides is 1. The van der Waals surface area contributed by atoms with Crippen LogP contribution in [0, 0.1) is 5.92 Å². The predicted octanol–water partition coefficient (Wildman–Crippen LogP) is 5.64. The molecule has 0 aliphatic rings. The molecule has 0 heterocycles. The molecule has 0 fully saturated rings. The third-order valence-corrected chi connectivity index (χ3v) is 7.08. The fourth-order valence-corrected chi connectivity index (χ4v) is 4.40. The van der Waals surface area contributed by atoms with E-state index in [-0.39, 0.29) is 5.91 Å². The van der Waals surface area contributed by atoms with Gasteiger partial charge in [0.05, 0.1) is 17.5 Å². The van der Waals surface area contributed by atoms with E-state index in [1.54, 1.807) is 24.3 Å². The third kappa shape index (κ3) is 7.69. The Bertz CT molecular complexity index is 926. The Hall–Kier alpha value is -1.99. The van der Waals surface area contributed by atoms with E-state index in [2.05, 4.69) is 19.2 Å². The molecule has 0 saturated carbocycles. The van der Waals surface area contributed by atoms with Gasteiger partial charge < -0.3 is 5.32 Å². The number of rotatable bonds is 11. The summed E-state index contributed by atoms with van der Waals surface area (Å²) in [5.41, 5.74) is 1.34. The molecule has 0 aromatic heterocycles. The van der Waals surface area contributed by atoms with Crippen molar-refractivity contribution in [3.8, 4) is 0 Å². The highest BCUT2D eigenvalue weighted by Gasteiger charge is 2.19. The highest BCUT2D eigenvalue weighted by atomic mass is 32.2. The monoisotopic (exact) mass is 448 g/mol. The molecule has 0 atom stereocenters. The van der Waals surface area contributed by atoms with Crippen LogP contribution in [-0.4, -0.2) is 33.4 Å². The summed E-state index contributed by atoms with van der Waals surface area (Å²) in [6, 6.07) is 14.4. The molecular formula is C23H32N2O3S2. The van der Waals surface area contributed by atoms with E-state index >= 15 is 0 Å². The van der Waals surface area contributed by atoms with E-state index in [1.807, 2.05) is 36.0 Å². The number of unbranched alkanes of at least 4 members (excludes halogenated alkanes) is 2. The SMILES string of the molecule is CC(C)CCCCCSc1ccc(NC(=O)c2ccccc2N(C)S(C)(=O)=O)cc1. The molecule has 0 bridgehead atoms. The Labute approximate surface area is 185 Å². The lowest BCUT2D eigenvalue weighted by Gasteiger charge is -2.19. The molecule has 2 aromatic carbocycles.